The van der Waals surface area contributed by atoms with Gasteiger partial charge in [0.15, 0.2) is 11.6 Å². The first-order valence-corrected chi connectivity index (χ1v) is 6.62. The van der Waals surface area contributed by atoms with Gasteiger partial charge in [-0.15, -0.1) is 0 Å². The van der Waals surface area contributed by atoms with E-state index in [4.69, 9.17) is 0 Å². The second kappa shape index (κ2) is 3.89. The van der Waals surface area contributed by atoms with Gasteiger partial charge < -0.3 is 0 Å². The van der Waals surface area contributed by atoms with Gasteiger partial charge in [0.1, 0.15) is 0 Å². The fraction of sp³-hybridized carbons (Fsp3) is 0.400. The molecule has 1 saturated heterocycles. The van der Waals surface area contributed by atoms with E-state index in [0.29, 0.717) is 11.5 Å². The van der Waals surface area contributed by atoms with Crippen LogP contribution in [0.3, 0.4) is 0 Å². The van der Waals surface area contributed by atoms with Crippen LogP contribution in [0.15, 0.2) is 22.6 Å². The lowest BCUT2D eigenvalue weighted by Crippen LogP contribution is -1.99. The predicted octanol–water partition coefficient (Wildman–Crippen LogP) is 2.86. The molecule has 1 aliphatic heterocycles. The number of nitrogens with zero attached hydrogens (tertiary/aromatic N) is 1. The van der Waals surface area contributed by atoms with E-state index in [1.54, 1.807) is 0 Å². The molecule has 0 atom stereocenters. The van der Waals surface area contributed by atoms with E-state index >= 15 is 0 Å². The Kier molecular flexibility index (Phi) is 2.73. The van der Waals surface area contributed by atoms with Gasteiger partial charge in [-0.1, -0.05) is 0 Å². The number of hydrogen-bond donors (Lipinski definition) is 0. The van der Waals surface area contributed by atoms with Crippen molar-refractivity contribution in [3.8, 4) is 0 Å². The maximum atomic E-state index is 12.9. The minimum Gasteiger partial charge on any atom is -0.249 e. The van der Waals surface area contributed by atoms with Crippen LogP contribution in [-0.2, 0) is 9.73 Å². The summed E-state index contributed by atoms with van der Waals surface area (Å²) in [5, 5.41) is 0. The van der Waals surface area contributed by atoms with Gasteiger partial charge in [0.05, 0.1) is 15.4 Å². The summed E-state index contributed by atoms with van der Waals surface area (Å²) in [6, 6.07) is 3.34. The third kappa shape index (κ3) is 2.34. The SMILES string of the molecule is O=S1(=Nc2ccc(F)c(F)c2)CCCC1. The molecule has 1 fully saturated rings. The second-order valence-corrected chi connectivity index (χ2v) is 6.12. The van der Waals surface area contributed by atoms with Crippen LogP contribution in [0, 0.1) is 11.6 Å². The van der Waals surface area contributed by atoms with Crippen LogP contribution in [0.1, 0.15) is 12.8 Å². The highest BCUT2D eigenvalue weighted by molar-refractivity contribution is 7.93. The van der Waals surface area contributed by atoms with Crippen LogP contribution >= 0.6 is 0 Å². The molecule has 0 N–H and O–H groups in total. The molecule has 15 heavy (non-hydrogen) atoms. The zero-order chi connectivity index (χ0) is 10.9. The molecule has 0 radical (unpaired) electrons. The van der Waals surface area contributed by atoms with Crippen LogP contribution < -0.4 is 0 Å². The summed E-state index contributed by atoms with van der Waals surface area (Å²) in [6.45, 7) is 0. The Hall–Kier alpha value is -0.970. The second-order valence-electron chi connectivity index (χ2n) is 3.58. The standard InChI is InChI=1S/C10H11F2NOS/c11-9-4-3-8(7-10(9)12)13-15(14)5-1-2-6-15/h3-4,7H,1-2,5-6H2. The predicted molar refractivity (Wildman–Crippen MR) is 55.6 cm³/mol. The van der Waals surface area contributed by atoms with Crippen LogP contribution in [0.25, 0.3) is 0 Å². The van der Waals surface area contributed by atoms with Crippen molar-refractivity contribution in [3.63, 3.8) is 0 Å². The van der Waals surface area contributed by atoms with Crippen molar-refractivity contribution >= 4 is 15.4 Å². The van der Waals surface area contributed by atoms with Gasteiger partial charge >= 0.3 is 0 Å². The molecule has 1 aromatic carbocycles. The molecule has 1 aromatic rings. The minimum atomic E-state index is -2.20. The highest BCUT2D eigenvalue weighted by Crippen LogP contribution is 2.22. The van der Waals surface area contributed by atoms with Crippen molar-refractivity contribution in [2.75, 3.05) is 11.5 Å². The molecule has 0 aliphatic carbocycles. The van der Waals surface area contributed by atoms with Gasteiger partial charge in [-0.3, -0.25) is 0 Å². The van der Waals surface area contributed by atoms with E-state index in [1.807, 2.05) is 0 Å². The highest BCUT2D eigenvalue weighted by Gasteiger charge is 2.16. The number of halogens is 2. The molecule has 0 unspecified atom stereocenters. The highest BCUT2D eigenvalue weighted by atomic mass is 32.2. The van der Waals surface area contributed by atoms with Crippen molar-refractivity contribution in [1.82, 2.24) is 0 Å². The van der Waals surface area contributed by atoms with E-state index in [1.165, 1.54) is 6.07 Å². The summed E-state index contributed by atoms with van der Waals surface area (Å²) in [4.78, 5) is 0. The van der Waals surface area contributed by atoms with Crippen molar-refractivity contribution in [2.45, 2.75) is 12.8 Å². The maximum Gasteiger partial charge on any atom is 0.160 e. The average molecular weight is 231 g/mol. The van der Waals surface area contributed by atoms with Crippen molar-refractivity contribution in [3.05, 3.63) is 29.8 Å². The Morgan fingerprint density at radius 1 is 1.13 bits per heavy atom. The summed E-state index contributed by atoms with van der Waals surface area (Å²) >= 11 is 0. The van der Waals surface area contributed by atoms with Gasteiger partial charge in [-0.25, -0.2) is 13.0 Å². The third-order valence-electron chi connectivity index (χ3n) is 2.35. The maximum absolute atomic E-state index is 12.9. The summed E-state index contributed by atoms with van der Waals surface area (Å²) in [6.07, 6.45) is 1.79. The molecule has 0 spiro atoms. The van der Waals surface area contributed by atoms with E-state index in [0.717, 1.165) is 25.0 Å². The molecular weight excluding hydrogens is 220 g/mol. The quantitative estimate of drug-likeness (QED) is 0.730. The van der Waals surface area contributed by atoms with Crippen LogP contribution in [0.2, 0.25) is 0 Å². The summed E-state index contributed by atoms with van der Waals surface area (Å²) in [5.41, 5.74) is 0.265. The van der Waals surface area contributed by atoms with Gasteiger partial charge in [-0.2, -0.15) is 4.36 Å². The Morgan fingerprint density at radius 2 is 1.80 bits per heavy atom. The number of benzene rings is 1. The summed E-state index contributed by atoms with van der Waals surface area (Å²) in [7, 11) is -2.20. The lowest BCUT2D eigenvalue weighted by Gasteiger charge is -2.00. The Bertz CT molecular complexity index is 480. The van der Waals surface area contributed by atoms with E-state index in [2.05, 4.69) is 4.36 Å². The largest absolute Gasteiger partial charge is 0.249 e. The molecule has 0 amide bonds. The summed E-state index contributed by atoms with van der Waals surface area (Å²) < 4.78 is 41.5. The van der Waals surface area contributed by atoms with E-state index in [9.17, 15) is 13.0 Å². The number of hydrogen-bond acceptors (Lipinski definition) is 2. The number of rotatable bonds is 1. The Morgan fingerprint density at radius 3 is 2.40 bits per heavy atom. The van der Waals surface area contributed by atoms with Crippen molar-refractivity contribution < 1.29 is 13.0 Å². The average Bonchev–Trinajstić information content (AvgIpc) is 2.59. The molecule has 0 saturated carbocycles. The smallest absolute Gasteiger partial charge is 0.160 e. The molecule has 82 valence electrons. The fourth-order valence-electron chi connectivity index (χ4n) is 1.58. The normalized spacial score (nSPS) is 19.1. The molecule has 0 bridgehead atoms. The monoisotopic (exact) mass is 231 g/mol. The van der Waals surface area contributed by atoms with Gasteiger partial charge in [0, 0.05) is 17.6 Å². The fourth-order valence-corrected chi connectivity index (χ4v) is 3.78. The lowest BCUT2D eigenvalue weighted by molar-refractivity contribution is 0.509. The van der Waals surface area contributed by atoms with E-state index < -0.39 is 21.4 Å². The van der Waals surface area contributed by atoms with Gasteiger partial charge in [0.25, 0.3) is 0 Å². The molecule has 1 aliphatic rings. The Labute approximate surface area is 87.5 Å². The molecule has 5 heteroatoms. The third-order valence-corrected chi connectivity index (χ3v) is 4.75. The van der Waals surface area contributed by atoms with Crippen molar-refractivity contribution in [1.29, 1.82) is 0 Å². The molecular formula is C10H11F2NOS. The van der Waals surface area contributed by atoms with Gasteiger partial charge in [0.2, 0.25) is 0 Å². The first-order valence-electron chi connectivity index (χ1n) is 4.77. The lowest BCUT2D eigenvalue weighted by atomic mass is 10.3. The van der Waals surface area contributed by atoms with Crippen LogP contribution in [0.4, 0.5) is 14.5 Å². The van der Waals surface area contributed by atoms with Crippen LogP contribution in [0.5, 0.6) is 0 Å². The van der Waals surface area contributed by atoms with Crippen LogP contribution in [-0.4, -0.2) is 15.7 Å². The first kappa shape index (κ1) is 10.5. The molecule has 1 heterocycles. The minimum absolute atomic E-state index is 0.265. The van der Waals surface area contributed by atoms with Crippen molar-refractivity contribution in [2.24, 2.45) is 4.36 Å². The zero-order valence-corrected chi connectivity index (χ0v) is 8.90. The molecule has 0 aromatic heterocycles. The summed E-state index contributed by atoms with van der Waals surface area (Å²) in [5.74, 6) is -0.731. The zero-order valence-electron chi connectivity index (χ0n) is 8.08. The first-order chi connectivity index (χ1) is 7.09. The molecule has 2 nitrogen and oxygen atoms in total. The molecule has 2 rings (SSSR count). The van der Waals surface area contributed by atoms with E-state index in [-0.39, 0.29) is 5.69 Å². The van der Waals surface area contributed by atoms with Gasteiger partial charge in [-0.05, 0) is 25.0 Å². The Balaban J connectivity index is 2.39. The topological polar surface area (TPSA) is 29.4 Å².